The minimum absolute atomic E-state index is 0.0124. The van der Waals surface area contributed by atoms with Gasteiger partial charge >= 0.3 is 0 Å². The highest BCUT2D eigenvalue weighted by Crippen LogP contribution is 2.13. The number of halogens is 1. The molecular weight excluding hydrogens is 257 g/mol. The van der Waals surface area contributed by atoms with E-state index in [1.807, 2.05) is 0 Å². The van der Waals surface area contributed by atoms with Crippen molar-refractivity contribution in [2.24, 2.45) is 5.92 Å². The van der Waals surface area contributed by atoms with Crippen molar-refractivity contribution in [2.45, 2.75) is 19.8 Å². The zero-order chi connectivity index (χ0) is 14.5. The summed E-state index contributed by atoms with van der Waals surface area (Å²) in [7, 11) is 0. The van der Waals surface area contributed by atoms with Crippen molar-refractivity contribution >= 4 is 11.6 Å². The molecule has 1 aliphatic heterocycles. The number of benzene rings is 1. The molecule has 2 rings (SSSR count). The van der Waals surface area contributed by atoms with Crippen molar-refractivity contribution < 1.29 is 9.18 Å². The van der Waals surface area contributed by atoms with E-state index >= 15 is 0 Å². The van der Waals surface area contributed by atoms with E-state index in [1.54, 1.807) is 0 Å². The van der Waals surface area contributed by atoms with Crippen LogP contribution in [0.5, 0.6) is 0 Å². The molecule has 1 aromatic rings. The third kappa shape index (κ3) is 3.93. The first-order valence-corrected chi connectivity index (χ1v) is 7.12. The summed E-state index contributed by atoms with van der Waals surface area (Å²) in [4.78, 5) is 14.3. The molecule has 0 bridgehead atoms. The lowest BCUT2D eigenvalue weighted by Crippen LogP contribution is -2.34. The molecule has 1 amide bonds. The van der Waals surface area contributed by atoms with E-state index in [2.05, 4.69) is 17.1 Å². The maximum Gasteiger partial charge on any atom is 0.254 e. The highest BCUT2D eigenvalue weighted by atomic mass is 19.1. The maximum absolute atomic E-state index is 13.5. The molecule has 1 unspecified atom stereocenters. The SMILES string of the molecule is CC(CNC(=O)c1cc(N)ccc1F)CN1CCCC1. The zero-order valence-electron chi connectivity index (χ0n) is 11.9. The lowest BCUT2D eigenvalue weighted by Gasteiger charge is -2.20. The van der Waals surface area contributed by atoms with Crippen molar-refractivity contribution in [1.82, 2.24) is 10.2 Å². The number of hydrogen-bond acceptors (Lipinski definition) is 3. The van der Waals surface area contributed by atoms with Crippen LogP contribution in [-0.4, -0.2) is 37.0 Å². The normalized spacial score (nSPS) is 17.1. The van der Waals surface area contributed by atoms with Crippen molar-refractivity contribution in [3.63, 3.8) is 0 Å². The highest BCUT2D eigenvalue weighted by molar-refractivity contribution is 5.95. The first-order valence-electron chi connectivity index (χ1n) is 7.12. The number of likely N-dealkylation sites (tertiary alicyclic amines) is 1. The molecule has 1 saturated heterocycles. The first-order chi connectivity index (χ1) is 9.56. The number of carbonyl (C=O) groups excluding carboxylic acids is 1. The van der Waals surface area contributed by atoms with Gasteiger partial charge in [0, 0.05) is 18.8 Å². The van der Waals surface area contributed by atoms with Crippen molar-refractivity contribution in [3.05, 3.63) is 29.6 Å². The average Bonchev–Trinajstić information content (AvgIpc) is 2.91. The Kier molecular flexibility index (Phi) is 4.95. The van der Waals surface area contributed by atoms with Gasteiger partial charge in [0.25, 0.3) is 5.91 Å². The van der Waals surface area contributed by atoms with Gasteiger partial charge in [0.05, 0.1) is 5.56 Å². The van der Waals surface area contributed by atoms with Crippen molar-refractivity contribution in [1.29, 1.82) is 0 Å². The molecule has 4 nitrogen and oxygen atoms in total. The number of carbonyl (C=O) groups is 1. The van der Waals surface area contributed by atoms with Gasteiger partial charge in [-0.05, 0) is 50.0 Å². The molecule has 1 heterocycles. The second kappa shape index (κ2) is 6.70. The number of amides is 1. The third-order valence-electron chi connectivity index (χ3n) is 3.61. The Labute approximate surface area is 119 Å². The van der Waals surface area contributed by atoms with E-state index in [0.29, 0.717) is 18.2 Å². The minimum atomic E-state index is -0.538. The number of nitrogens with two attached hydrogens (primary N) is 1. The summed E-state index contributed by atoms with van der Waals surface area (Å²) in [6, 6.07) is 4.04. The summed E-state index contributed by atoms with van der Waals surface area (Å²) in [5, 5.41) is 2.78. The molecule has 3 N–H and O–H groups in total. The molecule has 0 spiro atoms. The van der Waals surface area contributed by atoms with E-state index in [9.17, 15) is 9.18 Å². The van der Waals surface area contributed by atoms with Crippen LogP contribution in [0.4, 0.5) is 10.1 Å². The molecule has 1 aromatic carbocycles. The van der Waals surface area contributed by atoms with Crippen LogP contribution in [0.25, 0.3) is 0 Å². The van der Waals surface area contributed by atoms with Crippen LogP contribution in [0.3, 0.4) is 0 Å². The Morgan fingerprint density at radius 2 is 2.15 bits per heavy atom. The number of anilines is 1. The van der Waals surface area contributed by atoms with Gasteiger partial charge in [-0.15, -0.1) is 0 Å². The van der Waals surface area contributed by atoms with Crippen molar-refractivity contribution in [2.75, 3.05) is 31.9 Å². The van der Waals surface area contributed by atoms with E-state index < -0.39 is 11.7 Å². The first kappa shape index (κ1) is 14.8. The summed E-state index contributed by atoms with van der Waals surface area (Å²) in [5.41, 5.74) is 5.98. The summed E-state index contributed by atoms with van der Waals surface area (Å²) < 4.78 is 13.5. The molecule has 1 atom stereocenters. The average molecular weight is 279 g/mol. The standard InChI is InChI=1S/C15H22FN3O/c1-11(10-19-6-2-3-7-19)9-18-15(20)13-8-12(17)4-5-14(13)16/h4-5,8,11H,2-3,6-7,9-10,17H2,1H3,(H,18,20). The Bertz CT molecular complexity index is 472. The van der Waals surface area contributed by atoms with E-state index in [4.69, 9.17) is 5.73 Å². The molecule has 0 aliphatic carbocycles. The number of rotatable bonds is 5. The number of nitrogen functional groups attached to an aromatic ring is 1. The Hall–Kier alpha value is -1.62. The monoisotopic (exact) mass is 279 g/mol. The van der Waals surface area contributed by atoms with Crippen LogP contribution < -0.4 is 11.1 Å². The molecule has 1 fully saturated rings. The molecule has 1 aliphatic rings. The fourth-order valence-electron chi connectivity index (χ4n) is 2.55. The van der Waals surface area contributed by atoms with Gasteiger partial charge in [0.15, 0.2) is 0 Å². The number of nitrogens with one attached hydrogen (secondary N) is 1. The maximum atomic E-state index is 13.5. The summed E-state index contributed by atoms with van der Waals surface area (Å²) >= 11 is 0. The molecule has 0 aromatic heterocycles. The van der Waals surface area contributed by atoms with Gasteiger partial charge in [-0.2, -0.15) is 0 Å². The van der Waals surface area contributed by atoms with Crippen LogP contribution in [0.1, 0.15) is 30.1 Å². The Balaban J connectivity index is 1.83. The van der Waals surface area contributed by atoms with Crippen LogP contribution in [0.15, 0.2) is 18.2 Å². The van der Waals surface area contributed by atoms with Gasteiger partial charge in [-0.25, -0.2) is 4.39 Å². The summed E-state index contributed by atoms with van der Waals surface area (Å²) in [5.74, 6) is -0.590. The van der Waals surface area contributed by atoms with Crippen molar-refractivity contribution in [3.8, 4) is 0 Å². The molecule has 110 valence electrons. The minimum Gasteiger partial charge on any atom is -0.399 e. The van der Waals surface area contributed by atoms with Gasteiger partial charge in [0.1, 0.15) is 5.82 Å². The number of nitrogens with zero attached hydrogens (tertiary/aromatic N) is 1. The topological polar surface area (TPSA) is 58.4 Å². The molecule has 0 saturated carbocycles. The third-order valence-corrected chi connectivity index (χ3v) is 3.61. The lowest BCUT2D eigenvalue weighted by atomic mass is 10.1. The Morgan fingerprint density at radius 1 is 1.45 bits per heavy atom. The van der Waals surface area contributed by atoms with Gasteiger partial charge in [0.2, 0.25) is 0 Å². The van der Waals surface area contributed by atoms with Crippen LogP contribution in [-0.2, 0) is 0 Å². The predicted octanol–water partition coefficient (Wildman–Crippen LogP) is 1.87. The molecule has 20 heavy (non-hydrogen) atoms. The fourth-order valence-corrected chi connectivity index (χ4v) is 2.55. The zero-order valence-corrected chi connectivity index (χ0v) is 11.9. The Morgan fingerprint density at radius 3 is 2.85 bits per heavy atom. The second-order valence-electron chi connectivity index (χ2n) is 5.56. The molecular formula is C15H22FN3O. The number of hydrogen-bond donors (Lipinski definition) is 2. The summed E-state index contributed by atoms with van der Waals surface area (Å²) in [6.45, 7) is 5.89. The highest BCUT2D eigenvalue weighted by Gasteiger charge is 2.16. The van der Waals surface area contributed by atoms with Crippen LogP contribution in [0, 0.1) is 11.7 Å². The largest absolute Gasteiger partial charge is 0.399 e. The van der Waals surface area contributed by atoms with E-state index in [-0.39, 0.29) is 5.56 Å². The van der Waals surface area contributed by atoms with E-state index in [0.717, 1.165) is 19.6 Å². The summed E-state index contributed by atoms with van der Waals surface area (Å²) in [6.07, 6.45) is 2.52. The quantitative estimate of drug-likeness (QED) is 0.809. The smallest absolute Gasteiger partial charge is 0.254 e. The van der Waals surface area contributed by atoms with Crippen LogP contribution >= 0.6 is 0 Å². The second-order valence-corrected chi connectivity index (χ2v) is 5.56. The van der Waals surface area contributed by atoms with Crippen LogP contribution in [0.2, 0.25) is 0 Å². The van der Waals surface area contributed by atoms with E-state index in [1.165, 1.54) is 31.0 Å². The van der Waals surface area contributed by atoms with Gasteiger partial charge < -0.3 is 16.0 Å². The fraction of sp³-hybridized carbons (Fsp3) is 0.533. The van der Waals surface area contributed by atoms with Gasteiger partial charge in [-0.1, -0.05) is 6.92 Å². The lowest BCUT2D eigenvalue weighted by molar-refractivity contribution is 0.0941. The molecule has 5 heteroatoms. The molecule has 0 radical (unpaired) electrons. The van der Waals surface area contributed by atoms with Gasteiger partial charge in [-0.3, -0.25) is 4.79 Å². The predicted molar refractivity (Wildman–Crippen MR) is 78.0 cm³/mol.